The smallest absolute Gasteiger partial charge is 0.118 e. The second-order valence-electron chi connectivity index (χ2n) is 10.8. The summed E-state index contributed by atoms with van der Waals surface area (Å²) in [6.45, 7) is 8.55. The normalized spacial score (nSPS) is 12.2. The molecule has 0 saturated carbocycles. The van der Waals surface area contributed by atoms with Crippen LogP contribution in [0.1, 0.15) is 60.8 Å². The topological polar surface area (TPSA) is 53.5 Å². The summed E-state index contributed by atoms with van der Waals surface area (Å²) in [4.78, 5) is 0. The lowest BCUT2D eigenvalue weighted by Crippen LogP contribution is -2.21. The zero-order valence-corrected chi connectivity index (χ0v) is 25.1. The molecule has 0 radical (unpaired) electrons. The van der Waals surface area contributed by atoms with Crippen molar-refractivity contribution in [1.29, 1.82) is 0 Å². The van der Waals surface area contributed by atoms with Gasteiger partial charge in [0.05, 0.1) is 7.11 Å². The van der Waals surface area contributed by atoms with E-state index in [-0.39, 0.29) is 0 Å². The van der Waals surface area contributed by atoms with Crippen LogP contribution in [0.15, 0.2) is 109 Å². The van der Waals surface area contributed by atoms with Crippen molar-refractivity contribution in [3.05, 3.63) is 131 Å². The molecule has 0 aliphatic heterocycles. The standard InChI is InChI=1S/C19H25NO.C18H23NO/c1-16(18-10-12-19(21-2)13-11-18)15-20-14-6-9-17-7-4-3-5-8-17;1-15(17-9-11-18(20)12-10-17)14-19-13-5-8-16-6-3-2-4-7-16/h3-5,7-8,10-13,16,20H,6,9,14-15H2,1-2H3;2-4,6-7,9-12,15,19-20H,5,8,13-14H2,1H3. The van der Waals surface area contributed by atoms with Gasteiger partial charge in [0.2, 0.25) is 0 Å². The van der Waals surface area contributed by atoms with Gasteiger partial charge < -0.3 is 20.5 Å². The Morgan fingerprint density at radius 3 is 1.41 bits per heavy atom. The minimum atomic E-state index is 0.330. The monoisotopic (exact) mass is 552 g/mol. The maximum Gasteiger partial charge on any atom is 0.118 e. The van der Waals surface area contributed by atoms with E-state index in [0.29, 0.717) is 17.6 Å². The van der Waals surface area contributed by atoms with Gasteiger partial charge in [-0.25, -0.2) is 0 Å². The van der Waals surface area contributed by atoms with Gasteiger partial charge >= 0.3 is 0 Å². The molecule has 2 atom stereocenters. The van der Waals surface area contributed by atoms with Crippen molar-refractivity contribution in [3.8, 4) is 11.5 Å². The minimum absolute atomic E-state index is 0.330. The van der Waals surface area contributed by atoms with E-state index in [1.54, 1.807) is 19.2 Å². The van der Waals surface area contributed by atoms with E-state index >= 15 is 0 Å². The number of aromatic hydroxyl groups is 1. The molecule has 4 aromatic carbocycles. The third-order valence-electron chi connectivity index (χ3n) is 7.37. The molecule has 3 N–H and O–H groups in total. The summed E-state index contributed by atoms with van der Waals surface area (Å²) >= 11 is 0. The number of nitrogens with one attached hydrogen (secondary N) is 2. The summed E-state index contributed by atoms with van der Waals surface area (Å²) in [6.07, 6.45) is 4.61. The SMILES string of the molecule is CC(CNCCCc1ccccc1)c1ccc(O)cc1.COc1ccc(C(C)CNCCCc2ccccc2)cc1. The number of ether oxygens (including phenoxy) is 1. The first-order valence-electron chi connectivity index (χ1n) is 15.0. The molecule has 0 aliphatic carbocycles. The molecule has 218 valence electrons. The Labute approximate surface area is 247 Å². The second kappa shape index (κ2) is 18.7. The number of hydrogen-bond acceptors (Lipinski definition) is 4. The average molecular weight is 553 g/mol. The fourth-order valence-corrected chi connectivity index (χ4v) is 4.73. The molecule has 0 fully saturated rings. The number of phenols is 1. The second-order valence-corrected chi connectivity index (χ2v) is 10.8. The first-order valence-corrected chi connectivity index (χ1v) is 15.0. The van der Waals surface area contributed by atoms with Crippen LogP contribution in [-0.4, -0.2) is 38.4 Å². The van der Waals surface area contributed by atoms with Gasteiger partial charge in [0.15, 0.2) is 0 Å². The van der Waals surface area contributed by atoms with Crippen molar-refractivity contribution in [1.82, 2.24) is 10.6 Å². The molecule has 0 saturated heterocycles. The zero-order chi connectivity index (χ0) is 29.1. The number of hydrogen-bond donors (Lipinski definition) is 3. The largest absolute Gasteiger partial charge is 0.508 e. The Hall–Kier alpha value is -3.60. The summed E-state index contributed by atoms with van der Waals surface area (Å²) in [5, 5.41) is 16.3. The third kappa shape index (κ3) is 12.6. The quantitative estimate of drug-likeness (QED) is 0.132. The van der Waals surface area contributed by atoms with Gasteiger partial charge in [-0.15, -0.1) is 0 Å². The molecule has 2 unspecified atom stereocenters. The predicted octanol–water partition coefficient (Wildman–Crippen LogP) is 7.74. The van der Waals surface area contributed by atoms with Gasteiger partial charge in [-0.3, -0.25) is 0 Å². The summed E-state index contributed by atoms with van der Waals surface area (Å²) in [6, 6.07) is 37.1. The fourth-order valence-electron chi connectivity index (χ4n) is 4.73. The molecule has 0 spiro atoms. The molecule has 0 aromatic heterocycles. The summed E-state index contributed by atoms with van der Waals surface area (Å²) < 4.78 is 5.19. The summed E-state index contributed by atoms with van der Waals surface area (Å²) in [7, 11) is 1.70. The van der Waals surface area contributed by atoms with E-state index in [2.05, 4.69) is 97.3 Å². The molecule has 4 rings (SSSR count). The molecular formula is C37H48N2O2. The molecule has 0 bridgehead atoms. The average Bonchev–Trinajstić information content (AvgIpc) is 3.02. The van der Waals surface area contributed by atoms with E-state index in [9.17, 15) is 5.11 Å². The molecule has 0 amide bonds. The van der Waals surface area contributed by atoms with Crippen molar-refractivity contribution >= 4 is 0 Å². The molecule has 4 heteroatoms. The lowest BCUT2D eigenvalue weighted by atomic mass is 10.0. The number of rotatable bonds is 15. The number of benzene rings is 4. The Morgan fingerprint density at radius 2 is 1.00 bits per heavy atom. The minimum Gasteiger partial charge on any atom is -0.508 e. The van der Waals surface area contributed by atoms with Crippen molar-refractivity contribution in [2.24, 2.45) is 0 Å². The first-order chi connectivity index (χ1) is 20.0. The highest BCUT2D eigenvalue weighted by Gasteiger charge is 2.06. The maximum atomic E-state index is 9.28. The highest BCUT2D eigenvalue weighted by molar-refractivity contribution is 5.29. The van der Waals surface area contributed by atoms with Gasteiger partial charge in [0, 0.05) is 13.1 Å². The highest BCUT2D eigenvalue weighted by Crippen LogP contribution is 2.19. The molecule has 41 heavy (non-hydrogen) atoms. The Kier molecular flexibility index (Phi) is 14.6. The summed E-state index contributed by atoms with van der Waals surface area (Å²) in [5.74, 6) is 2.23. The zero-order valence-electron chi connectivity index (χ0n) is 25.1. The highest BCUT2D eigenvalue weighted by atomic mass is 16.5. The lowest BCUT2D eigenvalue weighted by Gasteiger charge is -2.13. The molecule has 4 aromatic rings. The molecule has 0 aliphatic rings. The van der Waals surface area contributed by atoms with Crippen LogP contribution >= 0.6 is 0 Å². The van der Waals surface area contributed by atoms with Crippen LogP contribution in [-0.2, 0) is 12.8 Å². The summed E-state index contributed by atoms with van der Waals surface area (Å²) in [5.41, 5.74) is 5.44. The van der Waals surface area contributed by atoms with Gasteiger partial charge in [-0.2, -0.15) is 0 Å². The van der Waals surface area contributed by atoms with Crippen molar-refractivity contribution in [2.75, 3.05) is 33.3 Å². The fraction of sp³-hybridized carbons (Fsp3) is 0.351. The van der Waals surface area contributed by atoms with Crippen LogP contribution in [0, 0.1) is 0 Å². The van der Waals surface area contributed by atoms with Gasteiger partial charge in [-0.1, -0.05) is 98.8 Å². The van der Waals surface area contributed by atoms with Crippen LogP contribution < -0.4 is 15.4 Å². The van der Waals surface area contributed by atoms with Crippen molar-refractivity contribution < 1.29 is 9.84 Å². The third-order valence-corrected chi connectivity index (χ3v) is 7.37. The van der Waals surface area contributed by atoms with Crippen LogP contribution in [0.5, 0.6) is 11.5 Å². The number of aryl methyl sites for hydroxylation is 2. The number of phenolic OH excluding ortho intramolecular Hbond substituents is 1. The van der Waals surface area contributed by atoms with Gasteiger partial charge in [-0.05, 0) is 97.1 Å². The number of methoxy groups -OCH3 is 1. The molecule has 0 heterocycles. The van der Waals surface area contributed by atoms with Crippen LogP contribution in [0.4, 0.5) is 0 Å². The predicted molar refractivity (Wildman–Crippen MR) is 173 cm³/mol. The van der Waals surface area contributed by atoms with E-state index in [1.807, 2.05) is 24.3 Å². The van der Waals surface area contributed by atoms with E-state index < -0.39 is 0 Å². The Morgan fingerprint density at radius 1 is 0.585 bits per heavy atom. The van der Waals surface area contributed by atoms with E-state index in [4.69, 9.17) is 4.74 Å². The van der Waals surface area contributed by atoms with Crippen LogP contribution in [0.3, 0.4) is 0 Å². The van der Waals surface area contributed by atoms with E-state index in [0.717, 1.165) is 51.2 Å². The van der Waals surface area contributed by atoms with E-state index in [1.165, 1.54) is 28.7 Å². The van der Waals surface area contributed by atoms with Crippen molar-refractivity contribution in [2.45, 2.75) is 51.4 Å². The van der Waals surface area contributed by atoms with Gasteiger partial charge in [0.25, 0.3) is 0 Å². The van der Waals surface area contributed by atoms with Crippen LogP contribution in [0.25, 0.3) is 0 Å². The molecule has 4 nitrogen and oxygen atoms in total. The molecular weight excluding hydrogens is 504 g/mol. The van der Waals surface area contributed by atoms with Crippen molar-refractivity contribution in [3.63, 3.8) is 0 Å². The first kappa shape index (κ1) is 31.9. The van der Waals surface area contributed by atoms with Gasteiger partial charge in [0.1, 0.15) is 11.5 Å². The van der Waals surface area contributed by atoms with Crippen LogP contribution in [0.2, 0.25) is 0 Å². The Bertz CT molecular complexity index is 1200. The lowest BCUT2D eigenvalue weighted by molar-refractivity contribution is 0.414. The Balaban J connectivity index is 0.000000226. The maximum absolute atomic E-state index is 9.28.